The van der Waals surface area contributed by atoms with Crippen LogP contribution in [-0.4, -0.2) is 17.7 Å². The SMILES string of the molecule is Cc1ccc(NN)c(C(=O)NC(C)CC(=N)/C=C\N/C2=C/C=C(/F)C=C=CC2)c1. The lowest BCUT2D eigenvalue weighted by atomic mass is 10.1. The molecule has 0 spiro atoms. The van der Waals surface area contributed by atoms with E-state index in [9.17, 15) is 9.18 Å². The van der Waals surface area contributed by atoms with Gasteiger partial charge in [-0.2, -0.15) is 0 Å². The van der Waals surface area contributed by atoms with Crippen molar-refractivity contribution in [1.82, 2.24) is 10.6 Å². The maximum atomic E-state index is 13.2. The van der Waals surface area contributed by atoms with Gasteiger partial charge in [0.1, 0.15) is 5.83 Å². The fourth-order valence-corrected chi connectivity index (χ4v) is 2.68. The van der Waals surface area contributed by atoms with Crippen molar-refractivity contribution in [3.05, 3.63) is 83.2 Å². The average molecular weight is 395 g/mol. The fourth-order valence-electron chi connectivity index (χ4n) is 2.68. The zero-order valence-corrected chi connectivity index (χ0v) is 16.6. The Morgan fingerprint density at radius 2 is 2.21 bits per heavy atom. The van der Waals surface area contributed by atoms with Crippen LogP contribution in [0.3, 0.4) is 0 Å². The van der Waals surface area contributed by atoms with Crippen molar-refractivity contribution in [2.24, 2.45) is 5.84 Å². The molecule has 29 heavy (non-hydrogen) atoms. The molecule has 6 N–H and O–H groups in total. The van der Waals surface area contributed by atoms with Gasteiger partial charge in [-0.05, 0) is 50.3 Å². The zero-order valence-electron chi connectivity index (χ0n) is 16.6. The summed E-state index contributed by atoms with van der Waals surface area (Å²) in [5.41, 5.74) is 8.35. The summed E-state index contributed by atoms with van der Waals surface area (Å²) >= 11 is 0. The van der Waals surface area contributed by atoms with Gasteiger partial charge in [-0.1, -0.05) is 11.6 Å². The standard InChI is InChI=1S/C22H26FN5O/c1-15-7-10-21(28-25)20(13-15)22(29)27-16(2)14-18(24)11-12-26-19-6-4-3-5-17(23)8-9-19/h4-5,7-13,16,24,26,28H,6,14,25H2,1-2H3,(H,27,29)/b12-11-,17-8+,19-9+,24-18?. The number of aryl methyl sites for hydroxylation is 1. The number of hydrazine groups is 1. The minimum atomic E-state index is -0.372. The van der Waals surface area contributed by atoms with Crippen molar-refractivity contribution in [3.8, 4) is 0 Å². The predicted octanol–water partition coefficient (Wildman–Crippen LogP) is 3.76. The highest BCUT2D eigenvalue weighted by atomic mass is 19.1. The first-order valence-corrected chi connectivity index (χ1v) is 9.25. The predicted molar refractivity (Wildman–Crippen MR) is 115 cm³/mol. The number of benzene rings is 1. The second-order valence-corrected chi connectivity index (χ2v) is 6.74. The maximum absolute atomic E-state index is 13.2. The molecule has 2 rings (SSSR count). The van der Waals surface area contributed by atoms with E-state index in [-0.39, 0.29) is 17.8 Å². The molecule has 0 heterocycles. The minimum absolute atomic E-state index is 0.239. The van der Waals surface area contributed by atoms with Crippen molar-refractivity contribution in [2.75, 3.05) is 5.43 Å². The van der Waals surface area contributed by atoms with Gasteiger partial charge >= 0.3 is 0 Å². The highest BCUT2D eigenvalue weighted by Gasteiger charge is 2.14. The molecule has 1 aliphatic rings. The van der Waals surface area contributed by atoms with E-state index < -0.39 is 0 Å². The lowest BCUT2D eigenvalue weighted by Crippen LogP contribution is -2.34. The lowest BCUT2D eigenvalue weighted by molar-refractivity contribution is 0.0942. The summed E-state index contributed by atoms with van der Waals surface area (Å²) in [6.07, 6.45) is 10.2. The monoisotopic (exact) mass is 395 g/mol. The molecule has 1 aromatic carbocycles. The number of nitrogens with two attached hydrogens (primary N) is 1. The number of carbonyl (C=O) groups excluding carboxylic acids is 1. The van der Waals surface area contributed by atoms with E-state index in [1.165, 1.54) is 12.2 Å². The summed E-state index contributed by atoms with van der Waals surface area (Å²) in [4.78, 5) is 12.5. The van der Waals surface area contributed by atoms with Crippen LogP contribution in [0.4, 0.5) is 10.1 Å². The van der Waals surface area contributed by atoms with Crippen LogP contribution in [0.5, 0.6) is 0 Å². The number of amides is 1. The van der Waals surface area contributed by atoms with Crippen LogP contribution in [0, 0.1) is 12.3 Å². The van der Waals surface area contributed by atoms with Crippen molar-refractivity contribution in [1.29, 1.82) is 5.41 Å². The summed E-state index contributed by atoms with van der Waals surface area (Å²) in [5, 5.41) is 14.0. The molecular weight excluding hydrogens is 369 g/mol. The van der Waals surface area contributed by atoms with Gasteiger partial charge in [0, 0.05) is 42.6 Å². The Morgan fingerprint density at radius 1 is 1.41 bits per heavy atom. The first-order valence-electron chi connectivity index (χ1n) is 9.25. The van der Waals surface area contributed by atoms with Gasteiger partial charge in [0.2, 0.25) is 0 Å². The van der Waals surface area contributed by atoms with E-state index >= 15 is 0 Å². The van der Waals surface area contributed by atoms with Crippen LogP contribution in [0.1, 0.15) is 35.7 Å². The van der Waals surface area contributed by atoms with E-state index in [0.29, 0.717) is 29.8 Å². The van der Waals surface area contributed by atoms with Gasteiger partial charge in [0.25, 0.3) is 5.91 Å². The van der Waals surface area contributed by atoms with Crippen LogP contribution >= 0.6 is 0 Å². The van der Waals surface area contributed by atoms with Crippen molar-refractivity contribution >= 4 is 17.3 Å². The topological polar surface area (TPSA) is 103 Å². The van der Waals surface area contributed by atoms with Crippen LogP contribution < -0.4 is 21.9 Å². The zero-order chi connectivity index (χ0) is 21.2. The van der Waals surface area contributed by atoms with Crippen LogP contribution in [0.2, 0.25) is 0 Å². The molecule has 0 radical (unpaired) electrons. The molecule has 0 bridgehead atoms. The number of rotatable bonds is 8. The van der Waals surface area contributed by atoms with Gasteiger partial charge in [-0.25, -0.2) is 4.39 Å². The number of allylic oxidation sites excluding steroid dienone is 5. The summed E-state index contributed by atoms with van der Waals surface area (Å²) in [7, 11) is 0. The summed E-state index contributed by atoms with van der Waals surface area (Å²) < 4.78 is 13.2. The smallest absolute Gasteiger partial charge is 0.253 e. The largest absolute Gasteiger partial charge is 0.365 e. The van der Waals surface area contributed by atoms with E-state index in [2.05, 4.69) is 21.8 Å². The second kappa shape index (κ2) is 10.8. The van der Waals surface area contributed by atoms with Crippen LogP contribution in [-0.2, 0) is 0 Å². The van der Waals surface area contributed by atoms with Gasteiger partial charge in [-0.15, -0.1) is 5.73 Å². The molecule has 0 fully saturated rings. The molecule has 1 atom stereocenters. The third-order valence-electron chi connectivity index (χ3n) is 4.14. The quantitative estimate of drug-likeness (QED) is 0.200. The van der Waals surface area contributed by atoms with Gasteiger partial charge in [-0.3, -0.25) is 10.6 Å². The lowest BCUT2D eigenvalue weighted by Gasteiger charge is -2.15. The molecular formula is C22H26FN5O. The van der Waals surface area contributed by atoms with E-state index in [0.717, 1.165) is 11.3 Å². The Hall–Kier alpha value is -3.41. The number of halogens is 1. The van der Waals surface area contributed by atoms with E-state index in [4.69, 9.17) is 11.3 Å². The summed E-state index contributed by atoms with van der Waals surface area (Å²) in [6.45, 7) is 3.73. The minimum Gasteiger partial charge on any atom is -0.365 e. The Labute approximate surface area is 170 Å². The number of hydrogen-bond acceptors (Lipinski definition) is 5. The van der Waals surface area contributed by atoms with Gasteiger partial charge < -0.3 is 21.5 Å². The number of nitrogen functional groups attached to an aromatic ring is 1. The second-order valence-electron chi connectivity index (χ2n) is 6.74. The van der Waals surface area contributed by atoms with Gasteiger partial charge in [0.05, 0.1) is 11.3 Å². The summed E-state index contributed by atoms with van der Waals surface area (Å²) in [5.74, 6) is 4.85. The molecule has 1 aromatic rings. The van der Waals surface area contributed by atoms with Gasteiger partial charge in [0.15, 0.2) is 0 Å². The van der Waals surface area contributed by atoms with Crippen molar-refractivity contribution in [2.45, 2.75) is 32.7 Å². The first kappa shape index (κ1) is 21.9. The third-order valence-corrected chi connectivity index (χ3v) is 4.14. The third kappa shape index (κ3) is 7.25. The normalized spacial score (nSPS) is 18.1. The highest BCUT2D eigenvalue weighted by molar-refractivity contribution is 6.00. The molecule has 0 saturated carbocycles. The molecule has 1 unspecified atom stereocenters. The number of nitrogens with one attached hydrogen (secondary N) is 4. The molecule has 1 aliphatic carbocycles. The maximum Gasteiger partial charge on any atom is 0.253 e. The highest BCUT2D eigenvalue weighted by Crippen LogP contribution is 2.16. The molecule has 6 nitrogen and oxygen atoms in total. The molecule has 7 heteroatoms. The summed E-state index contributed by atoms with van der Waals surface area (Å²) in [6, 6.07) is 5.14. The average Bonchev–Trinajstić information content (AvgIpc) is 2.66. The van der Waals surface area contributed by atoms with Crippen LogP contribution in [0.25, 0.3) is 0 Å². The molecule has 0 aromatic heterocycles. The fraction of sp³-hybridized carbons (Fsp3) is 0.227. The van der Waals surface area contributed by atoms with Crippen molar-refractivity contribution in [3.63, 3.8) is 0 Å². The van der Waals surface area contributed by atoms with E-state index in [1.807, 2.05) is 19.9 Å². The number of hydrogen-bond donors (Lipinski definition) is 5. The Kier molecular flexibility index (Phi) is 8.15. The first-order chi connectivity index (χ1) is 13.9. The Bertz CT molecular complexity index is 923. The molecule has 0 saturated heterocycles. The Morgan fingerprint density at radius 3 is 2.97 bits per heavy atom. The van der Waals surface area contributed by atoms with Crippen LogP contribution in [0.15, 0.2) is 72.0 Å². The molecule has 152 valence electrons. The Balaban J connectivity index is 1.87. The molecule has 1 amide bonds. The number of anilines is 1. The van der Waals surface area contributed by atoms with E-state index in [1.54, 1.807) is 36.6 Å². The van der Waals surface area contributed by atoms with Crippen molar-refractivity contribution < 1.29 is 9.18 Å². The molecule has 0 aliphatic heterocycles. The number of carbonyl (C=O) groups is 1.